The van der Waals surface area contributed by atoms with Gasteiger partial charge in [-0.3, -0.25) is 9.63 Å². The van der Waals surface area contributed by atoms with Crippen molar-refractivity contribution in [3.63, 3.8) is 0 Å². The average Bonchev–Trinajstić information content (AvgIpc) is 2.69. The third-order valence-electron chi connectivity index (χ3n) is 4.00. The molecule has 2 aromatic rings. The number of hydrogen-bond donors (Lipinski definition) is 0. The third kappa shape index (κ3) is 5.05. The molecule has 1 amide bonds. The van der Waals surface area contributed by atoms with E-state index in [0.29, 0.717) is 10.0 Å². The second-order valence-corrected chi connectivity index (χ2v) is 8.68. The minimum atomic E-state index is -3.81. The number of hydroxylamine groups is 1. The lowest BCUT2D eigenvalue weighted by atomic mass is 10.1. The number of benzene rings is 2. The summed E-state index contributed by atoms with van der Waals surface area (Å²) in [5.74, 6) is -0.794. The Balaban J connectivity index is 2.28. The minimum Gasteiger partial charge on any atom is -0.330 e. The molecule has 2 rings (SSSR count). The van der Waals surface area contributed by atoms with E-state index in [0.717, 1.165) is 4.47 Å². The first kappa shape index (κ1) is 22.2. The van der Waals surface area contributed by atoms with E-state index in [4.69, 9.17) is 4.84 Å². The number of nitrogens with zero attached hydrogens (tertiary/aromatic N) is 2. The largest absolute Gasteiger partial charge is 0.330 e. The van der Waals surface area contributed by atoms with Crippen molar-refractivity contribution in [2.75, 3.05) is 20.7 Å². The molecular formula is C19H20BrFN2O4S. The van der Waals surface area contributed by atoms with E-state index in [2.05, 4.69) is 22.5 Å². The normalized spacial score (nSPS) is 11.5. The Hall–Kier alpha value is -2.07. The molecule has 0 saturated carbocycles. The number of carbonyl (C=O) groups excluding carboxylic acids is 1. The standard InChI is InChI=1S/C19H20BrFN2O4S/c1-4-11-23(13-15-12-16(20)7-10-18(15)21)19(24)14-5-8-17(9-6-14)28(25,26)22(2)27-3/h4-10,12H,1,11,13H2,2-3H3. The fourth-order valence-corrected chi connectivity index (χ4v) is 3.83. The van der Waals surface area contributed by atoms with Gasteiger partial charge in [-0.1, -0.05) is 26.5 Å². The number of rotatable bonds is 8. The Kier molecular flexibility index (Phi) is 7.48. The van der Waals surface area contributed by atoms with Gasteiger partial charge >= 0.3 is 0 Å². The molecule has 6 nitrogen and oxygen atoms in total. The highest BCUT2D eigenvalue weighted by Crippen LogP contribution is 2.20. The Morgan fingerprint density at radius 2 is 1.89 bits per heavy atom. The zero-order valence-corrected chi connectivity index (χ0v) is 17.8. The summed E-state index contributed by atoms with van der Waals surface area (Å²) in [6.45, 7) is 3.89. The molecule has 0 aromatic heterocycles. The molecule has 0 fully saturated rings. The van der Waals surface area contributed by atoms with Gasteiger partial charge in [0.25, 0.3) is 15.9 Å². The molecule has 2 aromatic carbocycles. The summed E-state index contributed by atoms with van der Waals surface area (Å²) in [5, 5.41) is 0. The van der Waals surface area contributed by atoms with E-state index < -0.39 is 15.8 Å². The number of hydrogen-bond acceptors (Lipinski definition) is 4. The Morgan fingerprint density at radius 1 is 1.25 bits per heavy atom. The summed E-state index contributed by atoms with van der Waals surface area (Å²) in [6, 6.07) is 9.97. The molecule has 0 aliphatic heterocycles. The maximum Gasteiger partial charge on any atom is 0.264 e. The van der Waals surface area contributed by atoms with Crippen molar-refractivity contribution >= 4 is 31.9 Å². The maximum atomic E-state index is 14.1. The molecular weight excluding hydrogens is 451 g/mol. The molecule has 0 aliphatic carbocycles. The molecule has 0 bridgehead atoms. The van der Waals surface area contributed by atoms with E-state index in [1.165, 1.54) is 49.4 Å². The third-order valence-corrected chi connectivity index (χ3v) is 6.19. The lowest BCUT2D eigenvalue weighted by Crippen LogP contribution is -2.31. The van der Waals surface area contributed by atoms with E-state index in [9.17, 15) is 17.6 Å². The molecule has 150 valence electrons. The molecule has 0 spiro atoms. The van der Waals surface area contributed by atoms with Gasteiger partial charge in [0.1, 0.15) is 5.82 Å². The van der Waals surface area contributed by atoms with E-state index >= 15 is 0 Å². The SMILES string of the molecule is C=CCN(Cc1cc(Br)ccc1F)C(=O)c1ccc(S(=O)(=O)N(C)OC)cc1. The van der Waals surface area contributed by atoms with Crippen LogP contribution in [0.1, 0.15) is 15.9 Å². The van der Waals surface area contributed by atoms with E-state index in [1.54, 1.807) is 18.2 Å². The van der Waals surface area contributed by atoms with Gasteiger partial charge in [-0.05, 0) is 42.5 Å². The highest BCUT2D eigenvalue weighted by molar-refractivity contribution is 9.10. The lowest BCUT2D eigenvalue weighted by molar-refractivity contribution is -0.0258. The number of amides is 1. The van der Waals surface area contributed by atoms with Gasteiger partial charge in [0.2, 0.25) is 0 Å². The fourth-order valence-electron chi connectivity index (χ4n) is 2.44. The van der Waals surface area contributed by atoms with Crippen LogP contribution in [0.15, 0.2) is 64.5 Å². The molecule has 0 saturated heterocycles. The molecule has 0 unspecified atom stereocenters. The molecule has 0 aliphatic rings. The summed E-state index contributed by atoms with van der Waals surface area (Å²) < 4.78 is 40.0. The highest BCUT2D eigenvalue weighted by Gasteiger charge is 2.22. The second kappa shape index (κ2) is 9.42. The molecule has 0 N–H and O–H groups in total. The van der Waals surface area contributed by atoms with Gasteiger partial charge in [0, 0.05) is 35.7 Å². The minimum absolute atomic E-state index is 0.0123. The Morgan fingerprint density at radius 3 is 2.46 bits per heavy atom. The molecule has 9 heteroatoms. The summed E-state index contributed by atoms with van der Waals surface area (Å²) in [6.07, 6.45) is 1.54. The quantitative estimate of drug-likeness (QED) is 0.436. The summed E-state index contributed by atoms with van der Waals surface area (Å²) in [5.41, 5.74) is 0.627. The lowest BCUT2D eigenvalue weighted by Gasteiger charge is -2.22. The van der Waals surface area contributed by atoms with Crippen molar-refractivity contribution in [2.24, 2.45) is 0 Å². The average molecular weight is 471 g/mol. The van der Waals surface area contributed by atoms with Crippen LogP contribution in [-0.4, -0.2) is 44.4 Å². The molecule has 0 radical (unpaired) electrons. The smallest absolute Gasteiger partial charge is 0.264 e. The van der Waals surface area contributed by atoms with Gasteiger partial charge in [-0.2, -0.15) is 0 Å². The predicted molar refractivity (Wildman–Crippen MR) is 107 cm³/mol. The van der Waals surface area contributed by atoms with Gasteiger partial charge in [-0.15, -0.1) is 6.58 Å². The van der Waals surface area contributed by atoms with Crippen molar-refractivity contribution in [3.05, 3.63) is 76.5 Å². The van der Waals surface area contributed by atoms with E-state index in [-0.39, 0.29) is 29.5 Å². The highest BCUT2D eigenvalue weighted by atomic mass is 79.9. The van der Waals surface area contributed by atoms with Crippen molar-refractivity contribution in [1.82, 2.24) is 9.37 Å². The number of sulfonamides is 1. The molecule has 0 heterocycles. The van der Waals surface area contributed by atoms with Crippen LogP contribution >= 0.6 is 15.9 Å². The zero-order valence-electron chi connectivity index (χ0n) is 15.4. The van der Waals surface area contributed by atoms with Crippen LogP contribution in [0, 0.1) is 5.82 Å². The van der Waals surface area contributed by atoms with Crippen LogP contribution in [0.5, 0.6) is 0 Å². The first-order chi connectivity index (χ1) is 13.2. The number of carbonyl (C=O) groups is 1. The monoisotopic (exact) mass is 470 g/mol. The first-order valence-electron chi connectivity index (χ1n) is 8.18. The van der Waals surface area contributed by atoms with Crippen LogP contribution in [0.3, 0.4) is 0 Å². The number of halogens is 2. The van der Waals surface area contributed by atoms with Gasteiger partial charge in [0.15, 0.2) is 0 Å². The molecule has 28 heavy (non-hydrogen) atoms. The summed E-state index contributed by atoms with van der Waals surface area (Å²) in [7, 11) is -1.30. The van der Waals surface area contributed by atoms with Crippen molar-refractivity contribution in [3.8, 4) is 0 Å². The topological polar surface area (TPSA) is 66.9 Å². The van der Waals surface area contributed by atoms with Gasteiger partial charge in [0.05, 0.1) is 12.0 Å². The summed E-state index contributed by atoms with van der Waals surface area (Å²) in [4.78, 5) is 19.0. The Bertz CT molecular complexity index is 964. The zero-order chi connectivity index (χ0) is 20.9. The van der Waals surface area contributed by atoms with Crippen LogP contribution < -0.4 is 0 Å². The van der Waals surface area contributed by atoms with Crippen LogP contribution in [0.2, 0.25) is 0 Å². The second-order valence-electron chi connectivity index (χ2n) is 5.83. The summed E-state index contributed by atoms with van der Waals surface area (Å²) >= 11 is 3.29. The van der Waals surface area contributed by atoms with E-state index in [1.807, 2.05) is 0 Å². The maximum absolute atomic E-state index is 14.1. The molecule has 0 atom stereocenters. The van der Waals surface area contributed by atoms with Crippen molar-refractivity contribution in [2.45, 2.75) is 11.4 Å². The van der Waals surface area contributed by atoms with Crippen molar-refractivity contribution < 1.29 is 22.4 Å². The first-order valence-corrected chi connectivity index (χ1v) is 10.4. The van der Waals surface area contributed by atoms with Gasteiger partial charge < -0.3 is 4.90 Å². The van der Waals surface area contributed by atoms with Crippen LogP contribution in [-0.2, 0) is 21.4 Å². The van der Waals surface area contributed by atoms with Crippen LogP contribution in [0.4, 0.5) is 4.39 Å². The Labute approximate surface area is 172 Å². The van der Waals surface area contributed by atoms with Crippen molar-refractivity contribution in [1.29, 1.82) is 0 Å². The van der Waals surface area contributed by atoms with Crippen LogP contribution in [0.25, 0.3) is 0 Å². The predicted octanol–water partition coefficient (Wildman–Crippen LogP) is 3.60. The fraction of sp³-hybridized carbons (Fsp3) is 0.211. The van der Waals surface area contributed by atoms with Gasteiger partial charge in [-0.25, -0.2) is 12.8 Å².